The Morgan fingerprint density at radius 2 is 2.00 bits per heavy atom. The molecule has 0 amide bonds. The third kappa shape index (κ3) is 3.55. The quantitative estimate of drug-likeness (QED) is 0.444. The molecule has 0 saturated heterocycles. The molecule has 0 spiro atoms. The zero-order chi connectivity index (χ0) is 16.3. The number of ether oxygens (including phenoxy) is 1. The summed E-state index contributed by atoms with van der Waals surface area (Å²) in [6, 6.07) is 7.02. The van der Waals surface area contributed by atoms with Crippen LogP contribution in [0.4, 0.5) is 0 Å². The molecule has 0 saturated carbocycles. The summed E-state index contributed by atoms with van der Waals surface area (Å²) in [7, 11) is 0. The number of esters is 1. The van der Waals surface area contributed by atoms with Gasteiger partial charge in [0.15, 0.2) is 6.10 Å². The molecule has 1 atom stereocenters. The molecular formula is C16H18BrNO4. The van der Waals surface area contributed by atoms with Crippen molar-refractivity contribution in [3.63, 3.8) is 0 Å². The van der Waals surface area contributed by atoms with Crippen LogP contribution in [0.2, 0.25) is 0 Å². The summed E-state index contributed by atoms with van der Waals surface area (Å²) >= 11 is 3.33. The van der Waals surface area contributed by atoms with Gasteiger partial charge in [-0.15, -0.1) is 0 Å². The van der Waals surface area contributed by atoms with Crippen molar-refractivity contribution in [3.05, 3.63) is 56.1 Å². The minimum absolute atomic E-state index is 0.407. The molecule has 6 heteroatoms. The van der Waals surface area contributed by atoms with Crippen molar-refractivity contribution in [1.29, 1.82) is 0 Å². The topological polar surface area (TPSA) is 69.4 Å². The Balaban J connectivity index is 2.31. The first-order valence-electron chi connectivity index (χ1n) is 7.12. The van der Waals surface area contributed by atoms with Crippen molar-refractivity contribution in [3.8, 4) is 0 Å². The molecule has 22 heavy (non-hydrogen) atoms. The van der Waals surface area contributed by atoms with E-state index in [1.807, 2.05) is 6.08 Å². The average molecular weight is 368 g/mol. The van der Waals surface area contributed by atoms with E-state index in [2.05, 4.69) is 15.9 Å². The van der Waals surface area contributed by atoms with Gasteiger partial charge in [-0.2, -0.15) is 0 Å². The maximum atomic E-state index is 12.2. The molecular weight excluding hydrogens is 350 g/mol. The Kier molecular flexibility index (Phi) is 5.01. The van der Waals surface area contributed by atoms with E-state index in [1.54, 1.807) is 24.3 Å². The van der Waals surface area contributed by atoms with Gasteiger partial charge >= 0.3 is 5.97 Å². The zero-order valence-electron chi connectivity index (χ0n) is 12.5. The number of benzene rings is 1. The van der Waals surface area contributed by atoms with Gasteiger partial charge in [-0.25, -0.2) is 4.79 Å². The van der Waals surface area contributed by atoms with Crippen LogP contribution >= 0.6 is 15.9 Å². The van der Waals surface area contributed by atoms with Crippen molar-refractivity contribution in [2.75, 3.05) is 0 Å². The van der Waals surface area contributed by atoms with E-state index in [0.717, 1.165) is 17.3 Å². The number of rotatable bonds is 5. The van der Waals surface area contributed by atoms with Gasteiger partial charge in [-0.05, 0) is 37.0 Å². The maximum absolute atomic E-state index is 12.2. The van der Waals surface area contributed by atoms with E-state index in [0.29, 0.717) is 17.6 Å². The summed E-state index contributed by atoms with van der Waals surface area (Å²) in [6.45, 7) is 2.94. The van der Waals surface area contributed by atoms with Crippen LogP contribution in [0.15, 0.2) is 40.4 Å². The number of nitro groups is 1. The van der Waals surface area contributed by atoms with Crippen LogP contribution in [-0.2, 0) is 9.53 Å². The van der Waals surface area contributed by atoms with Gasteiger partial charge in [0, 0.05) is 28.8 Å². The summed E-state index contributed by atoms with van der Waals surface area (Å²) < 4.78 is 6.38. The van der Waals surface area contributed by atoms with Crippen molar-refractivity contribution >= 4 is 21.9 Å². The highest BCUT2D eigenvalue weighted by molar-refractivity contribution is 9.10. The first kappa shape index (κ1) is 16.7. The van der Waals surface area contributed by atoms with E-state index in [4.69, 9.17) is 4.74 Å². The fraction of sp³-hybridized carbons (Fsp3) is 0.438. The van der Waals surface area contributed by atoms with Gasteiger partial charge in [0.1, 0.15) is 0 Å². The largest absolute Gasteiger partial charge is 0.446 e. The molecule has 0 heterocycles. The molecule has 0 aromatic heterocycles. The number of hydrogen-bond acceptors (Lipinski definition) is 4. The van der Waals surface area contributed by atoms with E-state index in [1.165, 1.54) is 13.8 Å². The van der Waals surface area contributed by atoms with Gasteiger partial charge in [-0.3, -0.25) is 10.1 Å². The standard InChI is InChI=1S/C16H18BrNO4/c1-16(2,18(20)21)14(11-7-9-13(17)10-8-11)22-15(19)12-5-3-4-6-12/h5,7-10,14H,3-4,6H2,1-2H3. The summed E-state index contributed by atoms with van der Waals surface area (Å²) in [5, 5.41) is 11.4. The second-order valence-corrected chi connectivity index (χ2v) is 6.78. The highest BCUT2D eigenvalue weighted by Crippen LogP contribution is 2.34. The Morgan fingerprint density at radius 3 is 2.50 bits per heavy atom. The monoisotopic (exact) mass is 367 g/mol. The normalized spacial score (nSPS) is 16.0. The predicted octanol–water partition coefficient (Wildman–Crippen LogP) is 4.20. The Hall–Kier alpha value is -1.69. The van der Waals surface area contributed by atoms with Crippen molar-refractivity contribution < 1.29 is 14.5 Å². The maximum Gasteiger partial charge on any atom is 0.334 e. The number of nitrogens with zero attached hydrogens (tertiary/aromatic N) is 1. The summed E-state index contributed by atoms with van der Waals surface area (Å²) in [6.07, 6.45) is 3.35. The molecule has 1 unspecified atom stereocenters. The number of carbonyl (C=O) groups is 1. The van der Waals surface area contributed by atoms with E-state index >= 15 is 0 Å². The number of allylic oxidation sites excluding steroid dienone is 1. The van der Waals surface area contributed by atoms with E-state index in [9.17, 15) is 14.9 Å². The van der Waals surface area contributed by atoms with Crippen LogP contribution in [0.3, 0.4) is 0 Å². The van der Waals surface area contributed by atoms with Gasteiger partial charge in [0.25, 0.3) is 5.54 Å². The minimum Gasteiger partial charge on any atom is -0.446 e. The van der Waals surface area contributed by atoms with Crippen LogP contribution in [0.1, 0.15) is 44.8 Å². The predicted molar refractivity (Wildman–Crippen MR) is 86.0 cm³/mol. The van der Waals surface area contributed by atoms with Gasteiger partial charge in [-0.1, -0.05) is 34.1 Å². The van der Waals surface area contributed by atoms with Crippen LogP contribution in [-0.4, -0.2) is 16.4 Å². The number of carbonyl (C=O) groups excluding carboxylic acids is 1. The first-order valence-corrected chi connectivity index (χ1v) is 7.91. The third-order valence-corrected chi connectivity index (χ3v) is 4.34. The number of halogens is 1. The lowest BCUT2D eigenvalue weighted by atomic mass is 9.91. The first-order chi connectivity index (χ1) is 10.3. The molecule has 2 rings (SSSR count). The zero-order valence-corrected chi connectivity index (χ0v) is 14.1. The number of hydrogen-bond donors (Lipinski definition) is 0. The smallest absolute Gasteiger partial charge is 0.334 e. The summed E-state index contributed by atoms with van der Waals surface area (Å²) in [5.74, 6) is -0.458. The molecule has 1 aliphatic rings. The molecule has 1 aliphatic carbocycles. The highest BCUT2D eigenvalue weighted by Gasteiger charge is 2.45. The van der Waals surface area contributed by atoms with Crippen molar-refractivity contribution in [2.45, 2.75) is 44.8 Å². The molecule has 118 valence electrons. The fourth-order valence-corrected chi connectivity index (χ4v) is 2.66. The Morgan fingerprint density at radius 1 is 1.36 bits per heavy atom. The van der Waals surface area contributed by atoms with Crippen LogP contribution in [0.5, 0.6) is 0 Å². The molecule has 0 radical (unpaired) electrons. The van der Waals surface area contributed by atoms with Crippen LogP contribution < -0.4 is 0 Å². The van der Waals surface area contributed by atoms with E-state index in [-0.39, 0.29) is 0 Å². The summed E-state index contributed by atoms with van der Waals surface area (Å²) in [5.41, 5.74) is -0.194. The molecule has 1 aromatic carbocycles. The molecule has 1 aromatic rings. The van der Waals surface area contributed by atoms with Gasteiger partial charge in [0.2, 0.25) is 0 Å². The fourth-order valence-electron chi connectivity index (χ4n) is 2.39. The average Bonchev–Trinajstić information content (AvgIpc) is 2.99. The van der Waals surface area contributed by atoms with Gasteiger partial charge in [0.05, 0.1) is 0 Å². The SMILES string of the molecule is CC(C)(C(OC(=O)C1=CCCC1)c1ccc(Br)cc1)[N+](=O)[O-]. The molecule has 0 fully saturated rings. The second-order valence-electron chi connectivity index (χ2n) is 5.87. The third-order valence-electron chi connectivity index (χ3n) is 3.81. The lowest BCUT2D eigenvalue weighted by Gasteiger charge is -2.27. The Labute approximate surface area is 137 Å². The van der Waals surface area contributed by atoms with Crippen molar-refractivity contribution in [2.24, 2.45) is 0 Å². The second kappa shape index (κ2) is 6.60. The van der Waals surface area contributed by atoms with Crippen LogP contribution in [0, 0.1) is 10.1 Å². The van der Waals surface area contributed by atoms with E-state index < -0.39 is 22.5 Å². The van der Waals surface area contributed by atoms with Crippen LogP contribution in [0.25, 0.3) is 0 Å². The van der Waals surface area contributed by atoms with Gasteiger partial charge < -0.3 is 4.74 Å². The van der Waals surface area contributed by atoms with Crippen molar-refractivity contribution in [1.82, 2.24) is 0 Å². The lowest BCUT2D eigenvalue weighted by Crippen LogP contribution is -2.40. The molecule has 0 N–H and O–H groups in total. The molecule has 0 aliphatic heterocycles. The highest BCUT2D eigenvalue weighted by atomic mass is 79.9. The minimum atomic E-state index is -1.41. The molecule has 0 bridgehead atoms. The summed E-state index contributed by atoms with van der Waals surface area (Å²) in [4.78, 5) is 23.2. The lowest BCUT2D eigenvalue weighted by molar-refractivity contribution is -0.574. The molecule has 5 nitrogen and oxygen atoms in total. The Bertz CT molecular complexity index is 607.